The summed E-state index contributed by atoms with van der Waals surface area (Å²) in [5, 5.41) is 14.7. The summed E-state index contributed by atoms with van der Waals surface area (Å²) in [4.78, 5) is 4.38. The summed E-state index contributed by atoms with van der Waals surface area (Å²) in [5.41, 5.74) is -0.286. The van der Waals surface area contributed by atoms with Gasteiger partial charge in [0.1, 0.15) is 5.54 Å². The zero-order valence-corrected chi connectivity index (χ0v) is 11.8. The Balaban J connectivity index is 1.65. The van der Waals surface area contributed by atoms with Gasteiger partial charge >= 0.3 is 0 Å². The second-order valence-electron chi connectivity index (χ2n) is 5.62. The average molecular weight is 273 g/mol. The van der Waals surface area contributed by atoms with E-state index in [1.165, 1.54) is 19.3 Å². The summed E-state index contributed by atoms with van der Waals surface area (Å²) in [6.45, 7) is 0. The number of aromatic nitrogens is 1. The minimum absolute atomic E-state index is 0.286. The number of pyridine rings is 1. The molecule has 4 heteroatoms. The van der Waals surface area contributed by atoms with Crippen LogP contribution in [0.5, 0.6) is 0 Å². The van der Waals surface area contributed by atoms with Crippen LogP contribution < -0.4 is 5.32 Å². The van der Waals surface area contributed by atoms with Crippen molar-refractivity contribution in [2.24, 2.45) is 0 Å². The lowest BCUT2D eigenvalue weighted by Gasteiger charge is -2.36. The molecule has 0 amide bonds. The fourth-order valence-electron chi connectivity index (χ4n) is 2.80. The first kappa shape index (κ1) is 13.0. The van der Waals surface area contributed by atoms with E-state index in [0.717, 1.165) is 24.3 Å². The molecule has 1 heterocycles. The molecule has 2 saturated carbocycles. The molecule has 0 aromatic carbocycles. The maximum atomic E-state index is 9.56. The summed E-state index contributed by atoms with van der Waals surface area (Å²) in [7, 11) is 0. The molecular weight excluding hydrogens is 254 g/mol. The molecule has 0 bridgehead atoms. The molecule has 1 N–H and O–H groups in total. The maximum absolute atomic E-state index is 9.56. The number of rotatable bonds is 4. The monoisotopic (exact) mass is 273 g/mol. The van der Waals surface area contributed by atoms with E-state index in [4.69, 9.17) is 0 Å². The predicted octanol–water partition coefficient (Wildman–Crippen LogP) is 3.13. The Morgan fingerprint density at radius 1 is 1.37 bits per heavy atom. The molecule has 1 aromatic heterocycles. The van der Waals surface area contributed by atoms with Crippen molar-refractivity contribution in [3.63, 3.8) is 0 Å². The van der Waals surface area contributed by atoms with E-state index in [9.17, 15) is 5.26 Å². The summed E-state index contributed by atoms with van der Waals surface area (Å²) in [6.07, 6.45) is 8.59. The average Bonchev–Trinajstić information content (AvgIpc) is 3.24. The van der Waals surface area contributed by atoms with E-state index in [0.29, 0.717) is 11.3 Å². The molecule has 0 spiro atoms. The highest BCUT2D eigenvalue weighted by atomic mass is 32.2. The highest BCUT2D eigenvalue weighted by molar-refractivity contribution is 7.99. The third-order valence-corrected chi connectivity index (χ3v) is 5.12. The smallest absolute Gasteiger partial charge is 0.108 e. The third-order valence-electron chi connectivity index (χ3n) is 3.90. The Hall–Kier alpha value is -1.05. The SMILES string of the molecule is N#CC1(NC2CC2)CCCC(Sc2ccccn2)C1. The third kappa shape index (κ3) is 3.29. The van der Waals surface area contributed by atoms with Crippen LogP contribution in [0.25, 0.3) is 0 Å². The lowest BCUT2D eigenvalue weighted by molar-refractivity contribution is 0.301. The molecule has 2 aliphatic rings. The normalized spacial score (nSPS) is 30.8. The number of nitrogens with zero attached hydrogens (tertiary/aromatic N) is 2. The fraction of sp³-hybridized carbons (Fsp3) is 0.600. The van der Waals surface area contributed by atoms with Gasteiger partial charge in [0.15, 0.2) is 0 Å². The van der Waals surface area contributed by atoms with E-state index >= 15 is 0 Å². The lowest BCUT2D eigenvalue weighted by Crippen LogP contribution is -2.49. The van der Waals surface area contributed by atoms with Gasteiger partial charge in [0, 0.05) is 17.5 Å². The zero-order chi connectivity index (χ0) is 13.1. The predicted molar refractivity (Wildman–Crippen MR) is 76.9 cm³/mol. The molecule has 3 rings (SSSR count). The minimum atomic E-state index is -0.286. The van der Waals surface area contributed by atoms with Crippen molar-refractivity contribution in [2.75, 3.05) is 0 Å². The molecule has 2 atom stereocenters. The van der Waals surface area contributed by atoms with E-state index in [-0.39, 0.29) is 5.54 Å². The van der Waals surface area contributed by atoms with Crippen LogP contribution in [-0.2, 0) is 0 Å². The van der Waals surface area contributed by atoms with E-state index in [1.54, 1.807) is 0 Å². The highest BCUT2D eigenvalue weighted by Gasteiger charge is 2.40. The number of hydrogen-bond acceptors (Lipinski definition) is 4. The zero-order valence-electron chi connectivity index (χ0n) is 11.0. The summed E-state index contributed by atoms with van der Waals surface area (Å²) < 4.78 is 0. The molecule has 100 valence electrons. The molecule has 19 heavy (non-hydrogen) atoms. The van der Waals surface area contributed by atoms with Crippen LogP contribution in [0.4, 0.5) is 0 Å². The standard InChI is InChI=1S/C15H19N3S/c16-11-15(18-12-6-7-12)8-3-4-13(10-15)19-14-5-1-2-9-17-14/h1-2,5,9,12-13,18H,3-4,6-8,10H2. The number of hydrogen-bond donors (Lipinski definition) is 1. The molecule has 2 fully saturated rings. The van der Waals surface area contributed by atoms with Crippen molar-refractivity contribution in [1.82, 2.24) is 10.3 Å². The van der Waals surface area contributed by atoms with Crippen molar-refractivity contribution in [1.29, 1.82) is 5.26 Å². The second kappa shape index (κ2) is 5.52. The number of thioether (sulfide) groups is 1. The van der Waals surface area contributed by atoms with Crippen molar-refractivity contribution in [2.45, 2.75) is 60.4 Å². The number of nitriles is 1. The molecule has 0 radical (unpaired) electrons. The van der Waals surface area contributed by atoms with Crippen LogP contribution in [0.3, 0.4) is 0 Å². The van der Waals surface area contributed by atoms with Crippen LogP contribution in [0.15, 0.2) is 29.4 Å². The summed E-state index contributed by atoms with van der Waals surface area (Å²) in [6, 6.07) is 9.18. The van der Waals surface area contributed by atoms with Crippen LogP contribution in [0.2, 0.25) is 0 Å². The summed E-state index contributed by atoms with van der Waals surface area (Å²) in [5.74, 6) is 0. The van der Waals surface area contributed by atoms with Crippen molar-refractivity contribution in [3.8, 4) is 6.07 Å². The Labute approximate surface area is 118 Å². The second-order valence-corrected chi connectivity index (χ2v) is 6.94. The molecule has 1 aromatic rings. The van der Waals surface area contributed by atoms with Crippen molar-refractivity contribution >= 4 is 11.8 Å². The van der Waals surface area contributed by atoms with Crippen molar-refractivity contribution < 1.29 is 0 Å². The molecule has 2 unspecified atom stereocenters. The van der Waals surface area contributed by atoms with Gasteiger partial charge in [-0.15, -0.1) is 11.8 Å². The van der Waals surface area contributed by atoms with E-state index < -0.39 is 0 Å². The minimum Gasteiger partial charge on any atom is -0.297 e. The van der Waals surface area contributed by atoms with Gasteiger partial charge < -0.3 is 0 Å². The Bertz CT molecular complexity index is 466. The highest BCUT2D eigenvalue weighted by Crippen LogP contribution is 2.39. The van der Waals surface area contributed by atoms with Gasteiger partial charge in [-0.2, -0.15) is 5.26 Å². The van der Waals surface area contributed by atoms with E-state index in [1.807, 2.05) is 30.1 Å². The van der Waals surface area contributed by atoms with Crippen LogP contribution in [0, 0.1) is 11.3 Å². The lowest BCUT2D eigenvalue weighted by atomic mass is 9.82. The Kier molecular flexibility index (Phi) is 3.76. The molecule has 3 nitrogen and oxygen atoms in total. The fourth-order valence-corrected chi connectivity index (χ4v) is 4.07. The van der Waals surface area contributed by atoms with Crippen LogP contribution in [-0.4, -0.2) is 21.8 Å². The van der Waals surface area contributed by atoms with Gasteiger partial charge in [-0.05, 0) is 50.7 Å². The molecular formula is C15H19N3S. The Morgan fingerprint density at radius 3 is 2.95 bits per heavy atom. The first-order valence-corrected chi connectivity index (χ1v) is 7.94. The van der Waals surface area contributed by atoms with Gasteiger partial charge in [-0.3, -0.25) is 5.32 Å². The van der Waals surface area contributed by atoms with Crippen LogP contribution >= 0.6 is 11.8 Å². The van der Waals surface area contributed by atoms with Gasteiger partial charge in [0.25, 0.3) is 0 Å². The number of nitrogens with one attached hydrogen (secondary N) is 1. The quantitative estimate of drug-likeness (QED) is 0.915. The van der Waals surface area contributed by atoms with E-state index in [2.05, 4.69) is 22.4 Å². The van der Waals surface area contributed by atoms with Gasteiger partial charge in [0.2, 0.25) is 0 Å². The van der Waals surface area contributed by atoms with Crippen molar-refractivity contribution in [3.05, 3.63) is 24.4 Å². The molecule has 0 aliphatic heterocycles. The first-order chi connectivity index (χ1) is 9.30. The Morgan fingerprint density at radius 2 is 2.26 bits per heavy atom. The molecule has 2 aliphatic carbocycles. The largest absolute Gasteiger partial charge is 0.297 e. The topological polar surface area (TPSA) is 48.7 Å². The first-order valence-electron chi connectivity index (χ1n) is 7.06. The maximum Gasteiger partial charge on any atom is 0.108 e. The van der Waals surface area contributed by atoms with Gasteiger partial charge in [-0.25, -0.2) is 4.98 Å². The van der Waals surface area contributed by atoms with Gasteiger partial charge in [-0.1, -0.05) is 6.07 Å². The summed E-state index contributed by atoms with van der Waals surface area (Å²) >= 11 is 1.83. The van der Waals surface area contributed by atoms with Crippen LogP contribution in [0.1, 0.15) is 38.5 Å². The van der Waals surface area contributed by atoms with Gasteiger partial charge in [0.05, 0.1) is 11.1 Å². The molecule has 0 saturated heterocycles.